The van der Waals surface area contributed by atoms with E-state index < -0.39 is 12.1 Å². The highest BCUT2D eigenvalue weighted by molar-refractivity contribution is 5.94. The van der Waals surface area contributed by atoms with Gasteiger partial charge in [-0.2, -0.15) is 13.2 Å². The van der Waals surface area contributed by atoms with Crippen LogP contribution in [0.25, 0.3) is 11.3 Å². The van der Waals surface area contributed by atoms with E-state index in [4.69, 9.17) is 14.6 Å². The number of imidazole rings is 1. The average Bonchev–Trinajstić information content (AvgIpc) is 3.56. The van der Waals surface area contributed by atoms with Gasteiger partial charge in [0.1, 0.15) is 5.82 Å². The van der Waals surface area contributed by atoms with Crippen molar-refractivity contribution in [2.24, 2.45) is 5.92 Å². The maximum Gasteiger partial charge on any atom is 0.490 e. The minimum absolute atomic E-state index is 0.00658. The summed E-state index contributed by atoms with van der Waals surface area (Å²) in [5.74, 6) is -2.54. The number of carboxylic acids is 1. The normalized spacial score (nSPS) is 19.1. The van der Waals surface area contributed by atoms with E-state index in [2.05, 4.69) is 19.8 Å². The molecule has 1 atom stereocenters. The second-order valence-corrected chi connectivity index (χ2v) is 10.4. The molecule has 8 nitrogen and oxygen atoms in total. The monoisotopic (exact) mass is 574 g/mol. The summed E-state index contributed by atoms with van der Waals surface area (Å²) in [6.45, 7) is 3.23. The Morgan fingerprint density at radius 3 is 2.29 bits per heavy atom. The summed E-state index contributed by atoms with van der Waals surface area (Å²) in [7, 11) is 0. The molecule has 1 unspecified atom stereocenters. The van der Waals surface area contributed by atoms with Gasteiger partial charge in [-0.1, -0.05) is 12.1 Å². The fraction of sp³-hybridized carbons (Fsp3) is 0.414. The quantitative estimate of drug-likeness (QED) is 0.424. The number of halogens is 4. The lowest BCUT2D eigenvalue weighted by Crippen LogP contribution is -2.39. The molecule has 3 aliphatic rings. The molecule has 0 radical (unpaired) electrons. The van der Waals surface area contributed by atoms with E-state index in [1.165, 1.54) is 0 Å². The molecule has 6 rings (SSSR count). The molecule has 0 aliphatic carbocycles. The SMILES string of the molecule is O=C(NC1CCOCC1)c1ccc(N2CCC(C3c4c(F)cccc4-c4cncn43)CC2)cc1.O=C(O)C(F)(F)F. The first-order valence-electron chi connectivity index (χ1n) is 13.5. The van der Waals surface area contributed by atoms with Gasteiger partial charge in [0.15, 0.2) is 0 Å². The molecule has 2 N–H and O–H groups in total. The largest absolute Gasteiger partial charge is 0.490 e. The number of amides is 1. The van der Waals surface area contributed by atoms with E-state index in [-0.39, 0.29) is 23.8 Å². The predicted molar refractivity (Wildman–Crippen MR) is 142 cm³/mol. The summed E-state index contributed by atoms with van der Waals surface area (Å²) in [5.41, 5.74) is 4.62. The number of carboxylic acid groups (broad SMARTS) is 1. The molecule has 218 valence electrons. The maximum absolute atomic E-state index is 14.8. The lowest BCUT2D eigenvalue weighted by Gasteiger charge is -2.37. The maximum atomic E-state index is 14.8. The van der Waals surface area contributed by atoms with E-state index in [1.54, 1.807) is 12.1 Å². The molecule has 2 fully saturated rings. The number of aromatic nitrogens is 2. The lowest BCUT2D eigenvalue weighted by atomic mass is 9.85. The molecule has 2 saturated heterocycles. The molecule has 0 spiro atoms. The van der Waals surface area contributed by atoms with Crippen LogP contribution in [0.1, 0.15) is 47.6 Å². The smallest absolute Gasteiger partial charge is 0.475 e. The minimum atomic E-state index is -5.08. The summed E-state index contributed by atoms with van der Waals surface area (Å²) in [5, 5.41) is 10.2. The first-order valence-corrected chi connectivity index (χ1v) is 13.5. The fourth-order valence-corrected chi connectivity index (χ4v) is 5.81. The Morgan fingerprint density at radius 2 is 1.66 bits per heavy atom. The van der Waals surface area contributed by atoms with Crippen molar-refractivity contribution in [3.8, 4) is 11.3 Å². The number of fused-ring (bicyclic) bond motifs is 3. The summed E-state index contributed by atoms with van der Waals surface area (Å²) in [6, 6.07) is 13.5. The van der Waals surface area contributed by atoms with Crippen LogP contribution in [0.5, 0.6) is 0 Å². The van der Waals surface area contributed by atoms with Crippen LogP contribution >= 0.6 is 0 Å². The Morgan fingerprint density at radius 1 is 1.00 bits per heavy atom. The molecule has 2 aromatic carbocycles. The Labute approximate surface area is 233 Å². The van der Waals surface area contributed by atoms with Crippen molar-refractivity contribution < 1.29 is 37.0 Å². The van der Waals surface area contributed by atoms with Gasteiger partial charge in [0.05, 0.1) is 24.3 Å². The first kappa shape index (κ1) is 28.6. The van der Waals surface area contributed by atoms with Crippen molar-refractivity contribution in [3.05, 3.63) is 71.9 Å². The zero-order valence-electron chi connectivity index (χ0n) is 22.1. The van der Waals surface area contributed by atoms with Gasteiger partial charge < -0.3 is 24.6 Å². The van der Waals surface area contributed by atoms with Crippen LogP contribution in [0.3, 0.4) is 0 Å². The summed E-state index contributed by atoms with van der Waals surface area (Å²) < 4.78 is 54.1. The number of aliphatic carboxylic acids is 1. The van der Waals surface area contributed by atoms with Crippen molar-refractivity contribution in [2.45, 2.75) is 43.9 Å². The summed E-state index contributed by atoms with van der Waals surface area (Å²) in [4.78, 5) is 28.2. The van der Waals surface area contributed by atoms with Gasteiger partial charge in [-0.25, -0.2) is 14.2 Å². The van der Waals surface area contributed by atoms with Gasteiger partial charge in [0.25, 0.3) is 5.91 Å². The van der Waals surface area contributed by atoms with E-state index in [0.29, 0.717) is 24.7 Å². The number of ether oxygens (including phenoxy) is 1. The molecule has 3 aromatic rings. The Hall–Kier alpha value is -3.93. The van der Waals surface area contributed by atoms with Crippen molar-refractivity contribution in [2.75, 3.05) is 31.2 Å². The third-order valence-electron chi connectivity index (χ3n) is 7.87. The fourth-order valence-electron chi connectivity index (χ4n) is 5.81. The zero-order valence-corrected chi connectivity index (χ0v) is 22.1. The highest BCUT2D eigenvalue weighted by atomic mass is 19.4. The number of hydrogen-bond donors (Lipinski definition) is 2. The van der Waals surface area contributed by atoms with Gasteiger partial charge in [-0.15, -0.1) is 0 Å². The summed E-state index contributed by atoms with van der Waals surface area (Å²) in [6.07, 6.45) is 2.29. The molecule has 0 bridgehead atoms. The van der Waals surface area contributed by atoms with Gasteiger partial charge in [-0.3, -0.25) is 4.79 Å². The van der Waals surface area contributed by atoms with Gasteiger partial charge in [-0.05, 0) is 61.9 Å². The number of hydrogen-bond acceptors (Lipinski definition) is 5. The standard InChI is InChI=1S/C27H29FN4O2.C2HF3O2/c28-23-3-1-2-22-24-16-29-17-32(24)26(25(22)23)18-8-12-31(13-9-18)21-6-4-19(5-7-21)27(33)30-20-10-14-34-15-11-20;3-2(4,5)1(6)7/h1-7,16-18,20,26H,8-15H2,(H,30,33);(H,6,7). The number of benzene rings is 2. The average molecular weight is 575 g/mol. The van der Waals surface area contributed by atoms with Crippen molar-refractivity contribution in [1.29, 1.82) is 0 Å². The van der Waals surface area contributed by atoms with Gasteiger partial charge in [0, 0.05) is 54.7 Å². The lowest BCUT2D eigenvalue weighted by molar-refractivity contribution is -0.192. The number of alkyl halides is 3. The molecular formula is C29H30F4N4O4. The molecule has 1 aromatic heterocycles. The van der Waals surface area contributed by atoms with Crippen molar-refractivity contribution in [3.63, 3.8) is 0 Å². The summed E-state index contributed by atoms with van der Waals surface area (Å²) >= 11 is 0. The molecule has 1 amide bonds. The zero-order chi connectivity index (χ0) is 29.1. The Kier molecular flexibility index (Phi) is 8.30. The molecule has 12 heteroatoms. The highest BCUT2D eigenvalue weighted by Gasteiger charge is 2.39. The second-order valence-electron chi connectivity index (χ2n) is 10.4. The number of piperidine rings is 1. The van der Waals surface area contributed by atoms with E-state index in [1.807, 2.05) is 42.9 Å². The molecule has 0 saturated carbocycles. The van der Waals surface area contributed by atoms with Crippen LogP contribution in [0.2, 0.25) is 0 Å². The van der Waals surface area contributed by atoms with Gasteiger partial charge in [0.2, 0.25) is 0 Å². The van der Waals surface area contributed by atoms with Crippen molar-refractivity contribution in [1.82, 2.24) is 14.9 Å². The number of nitrogens with one attached hydrogen (secondary N) is 1. The highest BCUT2D eigenvalue weighted by Crippen LogP contribution is 2.46. The number of nitrogens with zero attached hydrogens (tertiary/aromatic N) is 3. The van der Waals surface area contributed by atoms with Crippen LogP contribution < -0.4 is 10.2 Å². The van der Waals surface area contributed by atoms with Crippen LogP contribution in [0, 0.1) is 11.7 Å². The van der Waals surface area contributed by atoms with Gasteiger partial charge >= 0.3 is 12.1 Å². The molecule has 4 heterocycles. The number of carbonyl (C=O) groups is 2. The molecule has 3 aliphatic heterocycles. The third kappa shape index (κ3) is 6.22. The van der Waals surface area contributed by atoms with E-state index in [9.17, 15) is 22.4 Å². The van der Waals surface area contributed by atoms with Crippen LogP contribution in [-0.2, 0) is 9.53 Å². The van der Waals surface area contributed by atoms with Crippen molar-refractivity contribution >= 4 is 17.6 Å². The number of anilines is 1. The molecule has 41 heavy (non-hydrogen) atoms. The van der Waals surface area contributed by atoms with E-state index >= 15 is 0 Å². The van der Waals surface area contributed by atoms with E-state index in [0.717, 1.165) is 61.3 Å². The van der Waals surface area contributed by atoms with Crippen LogP contribution in [0.4, 0.5) is 23.2 Å². The van der Waals surface area contributed by atoms with Crippen LogP contribution in [-0.4, -0.2) is 65.1 Å². The minimum Gasteiger partial charge on any atom is -0.475 e. The number of rotatable bonds is 4. The third-order valence-corrected chi connectivity index (χ3v) is 7.87. The Bertz CT molecular complexity index is 1380. The van der Waals surface area contributed by atoms with Crippen LogP contribution in [0.15, 0.2) is 55.0 Å². The molecular weight excluding hydrogens is 544 g/mol. The number of carbonyl (C=O) groups excluding carboxylic acids is 1. The predicted octanol–water partition coefficient (Wildman–Crippen LogP) is 5.05. The Balaban J connectivity index is 0.000000431. The topological polar surface area (TPSA) is 96.7 Å². The second kappa shape index (κ2) is 11.9. The first-order chi connectivity index (χ1) is 19.6.